The fourth-order valence-corrected chi connectivity index (χ4v) is 3.98. The average molecular weight is 467 g/mol. The van der Waals surface area contributed by atoms with Crippen molar-refractivity contribution in [1.82, 2.24) is 20.0 Å². The first-order valence-corrected chi connectivity index (χ1v) is 11.2. The van der Waals surface area contributed by atoms with Gasteiger partial charge in [-0.15, -0.1) is 16.4 Å². The summed E-state index contributed by atoms with van der Waals surface area (Å²) in [6.07, 6.45) is 0.0000106. The van der Waals surface area contributed by atoms with Gasteiger partial charge in [0.2, 0.25) is 0 Å². The van der Waals surface area contributed by atoms with Crippen molar-refractivity contribution in [3.05, 3.63) is 63.9 Å². The number of ether oxygens (including phenoxy) is 3. The molecule has 0 saturated carbocycles. The van der Waals surface area contributed by atoms with Gasteiger partial charge in [0, 0.05) is 10.9 Å². The molecule has 0 saturated heterocycles. The highest BCUT2D eigenvalue weighted by Crippen LogP contribution is 2.33. The molecule has 0 atom stereocenters. The summed E-state index contributed by atoms with van der Waals surface area (Å²) in [4.78, 5) is 29.2. The molecule has 0 aliphatic rings. The van der Waals surface area contributed by atoms with E-state index >= 15 is 0 Å². The van der Waals surface area contributed by atoms with Gasteiger partial charge in [0.05, 0.1) is 37.8 Å². The lowest BCUT2D eigenvalue weighted by molar-refractivity contribution is -0.145. The molecule has 0 fully saturated rings. The van der Waals surface area contributed by atoms with Crippen LogP contribution >= 0.6 is 11.3 Å². The highest BCUT2D eigenvalue weighted by Gasteiger charge is 2.12. The fraction of sp³-hybridized carbons (Fsp3) is 0.261. The van der Waals surface area contributed by atoms with E-state index in [4.69, 9.17) is 14.2 Å². The molecule has 9 nitrogen and oxygen atoms in total. The van der Waals surface area contributed by atoms with E-state index in [9.17, 15) is 9.59 Å². The second kappa shape index (κ2) is 10.2. The van der Waals surface area contributed by atoms with Crippen molar-refractivity contribution in [3.8, 4) is 22.1 Å². The smallest absolute Gasteiger partial charge is 0.308 e. The van der Waals surface area contributed by atoms with Crippen molar-refractivity contribution in [2.45, 2.75) is 26.5 Å². The molecule has 0 radical (unpaired) electrons. The Morgan fingerprint density at radius 2 is 2.00 bits per heavy atom. The molecule has 170 valence electrons. The summed E-state index contributed by atoms with van der Waals surface area (Å²) in [6.45, 7) is 2.59. The van der Waals surface area contributed by atoms with Crippen LogP contribution in [0, 0.1) is 0 Å². The monoisotopic (exact) mass is 466 g/mol. The number of hydrogen-bond acceptors (Lipinski definition) is 9. The second-order valence-electron chi connectivity index (χ2n) is 6.99. The Labute approximate surface area is 193 Å². The number of benzene rings is 2. The molecule has 2 heterocycles. The predicted octanol–water partition coefficient (Wildman–Crippen LogP) is 3.46. The first kappa shape index (κ1) is 22.4. The van der Waals surface area contributed by atoms with E-state index in [0.717, 1.165) is 10.6 Å². The third kappa shape index (κ3) is 5.17. The molecule has 0 unspecified atom stereocenters. The number of fused-ring (bicyclic) bond motifs is 1. The van der Waals surface area contributed by atoms with Gasteiger partial charge >= 0.3 is 5.97 Å². The number of carbonyl (C=O) groups excluding carboxylic acids is 1. The van der Waals surface area contributed by atoms with Crippen LogP contribution in [0.4, 0.5) is 0 Å². The molecule has 2 aromatic carbocycles. The minimum absolute atomic E-state index is 0.0000106. The number of rotatable bonds is 9. The van der Waals surface area contributed by atoms with Gasteiger partial charge in [-0.3, -0.25) is 9.59 Å². The summed E-state index contributed by atoms with van der Waals surface area (Å²) < 4.78 is 17.4. The van der Waals surface area contributed by atoms with Crippen LogP contribution in [0.5, 0.6) is 11.5 Å². The van der Waals surface area contributed by atoms with E-state index in [1.54, 1.807) is 31.4 Å². The van der Waals surface area contributed by atoms with Crippen LogP contribution in [-0.4, -0.2) is 39.7 Å². The SMILES string of the molecule is CCOc1ccc(-c2nc(COC(=O)CCn3nnc4ccccc4c3=O)cs2)cc1OC. The maximum atomic E-state index is 12.4. The van der Waals surface area contributed by atoms with E-state index in [1.807, 2.05) is 30.5 Å². The Morgan fingerprint density at radius 3 is 2.82 bits per heavy atom. The third-order valence-electron chi connectivity index (χ3n) is 4.80. The van der Waals surface area contributed by atoms with E-state index in [-0.39, 0.29) is 25.1 Å². The van der Waals surface area contributed by atoms with Crippen molar-refractivity contribution >= 4 is 28.2 Å². The van der Waals surface area contributed by atoms with Gasteiger partial charge in [0.25, 0.3) is 5.56 Å². The first-order valence-electron chi connectivity index (χ1n) is 10.3. The van der Waals surface area contributed by atoms with Crippen molar-refractivity contribution in [1.29, 1.82) is 0 Å². The first-order chi connectivity index (χ1) is 16.1. The van der Waals surface area contributed by atoms with Gasteiger partial charge in [-0.1, -0.05) is 17.3 Å². The third-order valence-corrected chi connectivity index (χ3v) is 5.74. The number of esters is 1. The van der Waals surface area contributed by atoms with Gasteiger partial charge < -0.3 is 14.2 Å². The van der Waals surface area contributed by atoms with Crippen molar-refractivity contribution in [2.75, 3.05) is 13.7 Å². The number of methoxy groups -OCH3 is 1. The molecule has 0 aliphatic heterocycles. The summed E-state index contributed by atoms with van der Waals surface area (Å²) in [6, 6.07) is 12.6. The average Bonchev–Trinajstić information content (AvgIpc) is 3.32. The zero-order chi connectivity index (χ0) is 23.2. The van der Waals surface area contributed by atoms with Crippen molar-refractivity contribution in [2.24, 2.45) is 0 Å². The van der Waals surface area contributed by atoms with Crippen molar-refractivity contribution in [3.63, 3.8) is 0 Å². The van der Waals surface area contributed by atoms with E-state index in [1.165, 1.54) is 16.0 Å². The van der Waals surface area contributed by atoms with Gasteiger partial charge in [0.1, 0.15) is 17.1 Å². The Bertz CT molecular complexity index is 1330. The lowest BCUT2D eigenvalue weighted by Gasteiger charge is -2.09. The van der Waals surface area contributed by atoms with Crippen LogP contribution in [0.15, 0.2) is 52.6 Å². The maximum absolute atomic E-state index is 12.4. The number of carbonyl (C=O) groups is 1. The lowest BCUT2D eigenvalue weighted by Crippen LogP contribution is -2.25. The topological polar surface area (TPSA) is 105 Å². The number of hydrogen-bond donors (Lipinski definition) is 0. The Balaban J connectivity index is 1.34. The van der Waals surface area contributed by atoms with E-state index in [2.05, 4.69) is 15.3 Å². The van der Waals surface area contributed by atoms with E-state index < -0.39 is 5.97 Å². The highest BCUT2D eigenvalue weighted by atomic mass is 32.1. The zero-order valence-corrected chi connectivity index (χ0v) is 19.0. The van der Waals surface area contributed by atoms with Crippen LogP contribution in [0.3, 0.4) is 0 Å². The molecule has 0 spiro atoms. The van der Waals surface area contributed by atoms with E-state index in [0.29, 0.717) is 34.7 Å². The molecule has 0 N–H and O–H groups in total. The van der Waals surface area contributed by atoms with Crippen LogP contribution in [0.1, 0.15) is 19.0 Å². The molecule has 0 amide bonds. The largest absolute Gasteiger partial charge is 0.493 e. The molecule has 4 aromatic rings. The minimum atomic E-state index is -0.450. The van der Waals surface area contributed by atoms with Crippen LogP contribution in [0.25, 0.3) is 21.5 Å². The number of aromatic nitrogens is 4. The standard InChI is InChI=1S/C23H22N4O5S/c1-3-31-19-9-8-15(12-20(19)30-2)22-24-16(14-33-22)13-32-21(28)10-11-27-23(29)17-6-4-5-7-18(17)25-26-27/h4-9,12,14H,3,10-11,13H2,1-2H3. The predicted molar refractivity (Wildman–Crippen MR) is 123 cm³/mol. The summed E-state index contributed by atoms with van der Waals surface area (Å²) >= 11 is 1.44. The molecule has 0 aliphatic carbocycles. The molecule has 0 bridgehead atoms. The summed E-state index contributed by atoms with van der Waals surface area (Å²) in [5, 5.41) is 11.0. The summed E-state index contributed by atoms with van der Waals surface area (Å²) in [7, 11) is 1.59. The van der Waals surface area contributed by atoms with Crippen molar-refractivity contribution < 1.29 is 19.0 Å². The molecule has 2 aromatic heterocycles. The lowest BCUT2D eigenvalue weighted by atomic mass is 10.2. The number of thiazole rings is 1. The quantitative estimate of drug-likeness (QED) is 0.345. The molecular formula is C23H22N4O5S. The molecule has 4 rings (SSSR count). The van der Waals surface area contributed by atoms with Gasteiger partial charge in [-0.25, -0.2) is 9.67 Å². The van der Waals surface area contributed by atoms with Gasteiger partial charge in [0.15, 0.2) is 11.5 Å². The fourth-order valence-electron chi connectivity index (χ4n) is 3.17. The number of aryl methyl sites for hydroxylation is 1. The second-order valence-corrected chi connectivity index (χ2v) is 7.85. The van der Waals surface area contributed by atoms with Crippen LogP contribution in [0.2, 0.25) is 0 Å². The zero-order valence-electron chi connectivity index (χ0n) is 18.2. The molecule has 10 heteroatoms. The molecular weight excluding hydrogens is 444 g/mol. The van der Waals surface area contributed by atoms with Crippen LogP contribution < -0.4 is 15.0 Å². The summed E-state index contributed by atoms with van der Waals surface area (Å²) in [5.74, 6) is 0.850. The minimum Gasteiger partial charge on any atom is -0.493 e. The normalized spacial score (nSPS) is 10.8. The maximum Gasteiger partial charge on any atom is 0.308 e. The van der Waals surface area contributed by atoms with Gasteiger partial charge in [-0.05, 0) is 37.3 Å². The highest BCUT2D eigenvalue weighted by molar-refractivity contribution is 7.13. The van der Waals surface area contributed by atoms with Crippen LogP contribution in [-0.2, 0) is 22.7 Å². The summed E-state index contributed by atoms with van der Waals surface area (Å²) in [5.41, 5.74) is 1.75. The Hall–Kier alpha value is -3.79. The Morgan fingerprint density at radius 1 is 1.15 bits per heavy atom. The Kier molecular flexibility index (Phi) is 6.94. The molecule has 33 heavy (non-hydrogen) atoms. The number of nitrogens with zero attached hydrogens (tertiary/aromatic N) is 4. The van der Waals surface area contributed by atoms with Gasteiger partial charge in [-0.2, -0.15) is 0 Å².